The standard InChI is InChI=1S/C10H19N5O2S/c1-7-10(8(2)15-14-7)18(16,17)13-6-4-3-5-9(11)12/h13H,3-6H2,1-2H3,(H3,11,12)(H,14,15). The number of rotatable bonds is 7. The largest absolute Gasteiger partial charge is 0.388 e. The van der Waals surface area contributed by atoms with Gasteiger partial charge in [0, 0.05) is 13.0 Å². The summed E-state index contributed by atoms with van der Waals surface area (Å²) in [6.45, 7) is 3.65. The lowest BCUT2D eigenvalue weighted by atomic mass is 10.2. The Bertz CT molecular complexity index is 501. The molecular formula is C10H19N5O2S. The van der Waals surface area contributed by atoms with E-state index in [9.17, 15) is 8.42 Å². The predicted molar refractivity (Wildman–Crippen MR) is 69.0 cm³/mol. The molecule has 1 heterocycles. The molecule has 5 N–H and O–H groups in total. The van der Waals surface area contributed by atoms with Crippen LogP contribution in [0.1, 0.15) is 30.7 Å². The van der Waals surface area contributed by atoms with E-state index in [0.717, 1.165) is 0 Å². The summed E-state index contributed by atoms with van der Waals surface area (Å²) in [4.78, 5) is 0.217. The molecule has 0 aliphatic carbocycles. The van der Waals surface area contributed by atoms with Crippen LogP contribution in [0.4, 0.5) is 0 Å². The minimum atomic E-state index is -3.51. The number of unbranched alkanes of at least 4 members (excludes halogenated alkanes) is 1. The van der Waals surface area contributed by atoms with Crippen molar-refractivity contribution < 1.29 is 8.42 Å². The van der Waals surface area contributed by atoms with Crippen LogP contribution in [0.3, 0.4) is 0 Å². The van der Waals surface area contributed by atoms with Crippen LogP contribution in [-0.2, 0) is 10.0 Å². The molecular weight excluding hydrogens is 254 g/mol. The van der Waals surface area contributed by atoms with Gasteiger partial charge in [0.15, 0.2) is 0 Å². The molecule has 1 aromatic rings. The van der Waals surface area contributed by atoms with Crippen molar-refractivity contribution >= 4 is 15.9 Å². The molecule has 0 amide bonds. The van der Waals surface area contributed by atoms with Crippen LogP contribution in [0.2, 0.25) is 0 Å². The minimum absolute atomic E-state index is 0.124. The summed E-state index contributed by atoms with van der Waals surface area (Å²) in [5.41, 5.74) is 6.20. The van der Waals surface area contributed by atoms with Gasteiger partial charge in [-0.2, -0.15) is 5.10 Å². The van der Waals surface area contributed by atoms with Crippen molar-refractivity contribution in [2.24, 2.45) is 5.73 Å². The molecule has 0 atom stereocenters. The number of H-pyrrole nitrogens is 1. The molecule has 1 aromatic heterocycles. The molecule has 0 saturated carbocycles. The van der Waals surface area contributed by atoms with Crippen molar-refractivity contribution in [2.45, 2.75) is 38.0 Å². The van der Waals surface area contributed by atoms with E-state index < -0.39 is 10.0 Å². The molecule has 0 aliphatic rings. The Morgan fingerprint density at radius 1 is 1.44 bits per heavy atom. The fraction of sp³-hybridized carbons (Fsp3) is 0.600. The van der Waals surface area contributed by atoms with Gasteiger partial charge in [0.05, 0.1) is 17.2 Å². The lowest BCUT2D eigenvalue weighted by Gasteiger charge is -2.06. The van der Waals surface area contributed by atoms with Gasteiger partial charge in [-0.25, -0.2) is 13.1 Å². The highest BCUT2D eigenvalue weighted by Gasteiger charge is 2.21. The number of nitrogens with two attached hydrogens (primary N) is 1. The average Bonchev–Trinajstić information content (AvgIpc) is 2.57. The average molecular weight is 273 g/mol. The molecule has 7 nitrogen and oxygen atoms in total. The zero-order valence-electron chi connectivity index (χ0n) is 10.6. The monoisotopic (exact) mass is 273 g/mol. The quantitative estimate of drug-likeness (QED) is 0.326. The van der Waals surface area contributed by atoms with Gasteiger partial charge in [0.1, 0.15) is 4.90 Å². The first-order chi connectivity index (χ1) is 8.34. The first kappa shape index (κ1) is 14.7. The Labute approximate surface area is 107 Å². The van der Waals surface area contributed by atoms with Gasteiger partial charge < -0.3 is 5.73 Å². The number of aromatic amines is 1. The minimum Gasteiger partial charge on any atom is -0.388 e. The Morgan fingerprint density at radius 2 is 2.11 bits per heavy atom. The van der Waals surface area contributed by atoms with Crippen LogP contribution in [0.5, 0.6) is 0 Å². The summed E-state index contributed by atoms with van der Waals surface area (Å²) >= 11 is 0. The highest BCUT2D eigenvalue weighted by molar-refractivity contribution is 7.89. The van der Waals surface area contributed by atoms with E-state index in [1.165, 1.54) is 0 Å². The second-order valence-corrected chi connectivity index (χ2v) is 5.85. The van der Waals surface area contributed by atoms with Gasteiger partial charge in [-0.05, 0) is 26.7 Å². The van der Waals surface area contributed by atoms with Gasteiger partial charge in [-0.15, -0.1) is 0 Å². The van der Waals surface area contributed by atoms with Crippen molar-refractivity contribution in [1.82, 2.24) is 14.9 Å². The van der Waals surface area contributed by atoms with Crippen LogP contribution >= 0.6 is 0 Å². The highest BCUT2D eigenvalue weighted by Crippen LogP contribution is 2.16. The van der Waals surface area contributed by atoms with E-state index in [0.29, 0.717) is 37.2 Å². The molecule has 0 unspecified atom stereocenters. The Hall–Kier alpha value is -1.41. The second-order valence-electron chi connectivity index (χ2n) is 4.14. The predicted octanol–water partition coefficient (Wildman–Crippen LogP) is 0.411. The lowest BCUT2D eigenvalue weighted by molar-refractivity contribution is 0.576. The maximum atomic E-state index is 12.0. The topological polar surface area (TPSA) is 125 Å². The van der Waals surface area contributed by atoms with Gasteiger partial charge in [0.2, 0.25) is 10.0 Å². The molecule has 0 bridgehead atoms. The molecule has 8 heteroatoms. The smallest absolute Gasteiger partial charge is 0.244 e. The molecule has 0 spiro atoms. The Morgan fingerprint density at radius 3 is 2.61 bits per heavy atom. The number of nitrogens with zero attached hydrogens (tertiary/aromatic N) is 1. The zero-order chi connectivity index (χ0) is 13.8. The number of aromatic nitrogens is 2. The SMILES string of the molecule is Cc1n[nH]c(C)c1S(=O)(=O)NCCCCC(=N)N. The van der Waals surface area contributed by atoms with Crippen molar-refractivity contribution in [3.63, 3.8) is 0 Å². The van der Waals surface area contributed by atoms with E-state index >= 15 is 0 Å². The van der Waals surface area contributed by atoms with Crippen molar-refractivity contribution in [2.75, 3.05) is 6.54 Å². The zero-order valence-corrected chi connectivity index (χ0v) is 11.4. The second kappa shape index (κ2) is 5.96. The maximum absolute atomic E-state index is 12.0. The van der Waals surface area contributed by atoms with Gasteiger partial charge in [-0.3, -0.25) is 10.5 Å². The van der Waals surface area contributed by atoms with Crippen molar-refractivity contribution in [3.8, 4) is 0 Å². The van der Waals surface area contributed by atoms with E-state index in [1.54, 1.807) is 13.8 Å². The summed E-state index contributed by atoms with van der Waals surface area (Å²) in [6, 6.07) is 0. The molecule has 0 aromatic carbocycles. The molecule has 1 rings (SSSR count). The number of amidine groups is 1. The summed E-state index contributed by atoms with van der Waals surface area (Å²) in [5.74, 6) is 0.124. The third-order valence-corrected chi connectivity index (χ3v) is 4.22. The van der Waals surface area contributed by atoms with Crippen LogP contribution < -0.4 is 10.5 Å². The highest BCUT2D eigenvalue weighted by atomic mass is 32.2. The Balaban J connectivity index is 2.54. The van der Waals surface area contributed by atoms with Crippen LogP contribution in [0, 0.1) is 19.3 Å². The number of nitrogens with one attached hydrogen (secondary N) is 3. The third-order valence-electron chi connectivity index (χ3n) is 2.49. The normalized spacial score (nSPS) is 11.7. The molecule has 18 heavy (non-hydrogen) atoms. The van der Waals surface area contributed by atoms with Crippen molar-refractivity contribution in [1.29, 1.82) is 5.41 Å². The summed E-state index contributed by atoms with van der Waals surface area (Å²) in [7, 11) is -3.51. The van der Waals surface area contributed by atoms with E-state index in [1.807, 2.05) is 0 Å². The molecule has 0 radical (unpaired) electrons. The van der Waals surface area contributed by atoms with E-state index in [4.69, 9.17) is 11.1 Å². The molecule has 0 saturated heterocycles. The first-order valence-electron chi connectivity index (χ1n) is 5.68. The number of sulfonamides is 1. The summed E-state index contributed by atoms with van der Waals surface area (Å²) in [6.07, 6.45) is 1.83. The molecule has 102 valence electrons. The fourth-order valence-corrected chi connectivity index (χ4v) is 3.10. The van der Waals surface area contributed by atoms with Gasteiger partial charge >= 0.3 is 0 Å². The van der Waals surface area contributed by atoms with Gasteiger partial charge in [-0.1, -0.05) is 0 Å². The number of hydrogen-bond acceptors (Lipinski definition) is 4. The summed E-state index contributed by atoms with van der Waals surface area (Å²) < 4.78 is 26.5. The maximum Gasteiger partial charge on any atom is 0.244 e. The number of hydrogen-bond donors (Lipinski definition) is 4. The fourth-order valence-electron chi connectivity index (χ4n) is 1.66. The van der Waals surface area contributed by atoms with Crippen molar-refractivity contribution in [3.05, 3.63) is 11.4 Å². The van der Waals surface area contributed by atoms with Crippen LogP contribution in [-0.4, -0.2) is 31.0 Å². The van der Waals surface area contributed by atoms with Crippen LogP contribution in [0.25, 0.3) is 0 Å². The molecule has 0 aliphatic heterocycles. The van der Waals surface area contributed by atoms with E-state index in [2.05, 4.69) is 14.9 Å². The summed E-state index contributed by atoms with van der Waals surface area (Å²) in [5, 5.41) is 13.6. The van der Waals surface area contributed by atoms with Crippen LogP contribution in [0.15, 0.2) is 4.90 Å². The first-order valence-corrected chi connectivity index (χ1v) is 7.17. The number of aryl methyl sites for hydroxylation is 2. The third kappa shape index (κ3) is 3.81. The lowest BCUT2D eigenvalue weighted by Crippen LogP contribution is -2.26. The van der Waals surface area contributed by atoms with Gasteiger partial charge in [0.25, 0.3) is 0 Å². The van der Waals surface area contributed by atoms with E-state index in [-0.39, 0.29) is 10.7 Å². The molecule has 0 fully saturated rings. The Kier molecular flexibility index (Phi) is 4.85.